The van der Waals surface area contributed by atoms with Crippen molar-refractivity contribution in [1.82, 2.24) is 4.90 Å². The average Bonchev–Trinajstić information content (AvgIpc) is 2.67. The molecule has 3 nitrogen and oxygen atoms in total. The molecule has 1 saturated carbocycles. The van der Waals surface area contributed by atoms with Gasteiger partial charge in [0.15, 0.2) is 0 Å². The Hall–Kier alpha value is -0.570. The van der Waals surface area contributed by atoms with Crippen molar-refractivity contribution in [3.05, 3.63) is 0 Å². The zero-order chi connectivity index (χ0) is 10.8. The molecule has 0 bridgehead atoms. The van der Waals surface area contributed by atoms with Crippen molar-refractivity contribution in [1.29, 1.82) is 0 Å². The molecule has 1 aliphatic heterocycles. The predicted molar refractivity (Wildman–Crippen MR) is 58.5 cm³/mol. The summed E-state index contributed by atoms with van der Waals surface area (Å²) in [7, 11) is 0. The van der Waals surface area contributed by atoms with Crippen LogP contribution in [0.4, 0.5) is 0 Å². The highest BCUT2D eigenvalue weighted by molar-refractivity contribution is 5.79. The Labute approximate surface area is 91.8 Å². The van der Waals surface area contributed by atoms with Gasteiger partial charge in [0.2, 0.25) is 5.91 Å². The van der Waals surface area contributed by atoms with Crippen LogP contribution < -0.4 is 0 Å². The number of hydrogen-bond donors (Lipinski definition) is 0. The summed E-state index contributed by atoms with van der Waals surface area (Å²) in [5.41, 5.74) is 0. The molecular weight excluding hydrogens is 190 g/mol. The fourth-order valence-electron chi connectivity index (χ4n) is 2.79. The fraction of sp³-hybridized carbons (Fsp3) is 0.917. The number of ether oxygens (including phenoxy) is 1. The lowest BCUT2D eigenvalue weighted by Gasteiger charge is -2.36. The molecular formula is C12H21NO2. The third kappa shape index (κ3) is 2.51. The first-order chi connectivity index (χ1) is 7.16. The smallest absolute Gasteiger partial charge is 0.225 e. The first kappa shape index (κ1) is 10.9. The number of morpholine rings is 1. The molecule has 0 aromatic carbocycles. The van der Waals surface area contributed by atoms with Crippen molar-refractivity contribution >= 4 is 5.91 Å². The van der Waals surface area contributed by atoms with Gasteiger partial charge in [0, 0.05) is 19.0 Å². The van der Waals surface area contributed by atoms with E-state index >= 15 is 0 Å². The van der Waals surface area contributed by atoms with Crippen LogP contribution in [-0.2, 0) is 9.53 Å². The van der Waals surface area contributed by atoms with E-state index < -0.39 is 0 Å². The van der Waals surface area contributed by atoms with E-state index in [1.54, 1.807) is 0 Å². The molecule has 2 atom stereocenters. The summed E-state index contributed by atoms with van der Waals surface area (Å²) in [4.78, 5) is 14.2. The second-order valence-electron chi connectivity index (χ2n) is 4.98. The maximum Gasteiger partial charge on any atom is 0.225 e. The fourth-order valence-corrected chi connectivity index (χ4v) is 2.79. The van der Waals surface area contributed by atoms with Gasteiger partial charge in [-0.15, -0.1) is 0 Å². The molecule has 1 aliphatic carbocycles. The molecule has 1 heterocycles. The SMILES string of the molecule is C[C@H]1CN(C(=O)C2CCCC2)C[C@H](C)O1. The molecule has 15 heavy (non-hydrogen) atoms. The van der Waals surface area contributed by atoms with E-state index in [0.717, 1.165) is 25.9 Å². The Balaban J connectivity index is 1.93. The second kappa shape index (κ2) is 4.52. The van der Waals surface area contributed by atoms with E-state index in [1.807, 2.05) is 18.7 Å². The zero-order valence-corrected chi connectivity index (χ0v) is 9.74. The molecule has 2 rings (SSSR count). The quantitative estimate of drug-likeness (QED) is 0.662. The van der Waals surface area contributed by atoms with Crippen LogP contribution in [0.25, 0.3) is 0 Å². The predicted octanol–water partition coefficient (Wildman–Crippen LogP) is 1.81. The highest BCUT2D eigenvalue weighted by Crippen LogP contribution is 2.27. The van der Waals surface area contributed by atoms with Gasteiger partial charge in [0.1, 0.15) is 0 Å². The molecule has 0 radical (unpaired) electrons. The van der Waals surface area contributed by atoms with Crippen LogP contribution in [0, 0.1) is 5.92 Å². The van der Waals surface area contributed by atoms with E-state index in [4.69, 9.17) is 4.74 Å². The molecule has 3 heteroatoms. The topological polar surface area (TPSA) is 29.5 Å². The molecule has 0 aromatic heterocycles. The molecule has 2 aliphatic rings. The van der Waals surface area contributed by atoms with Gasteiger partial charge in [-0.1, -0.05) is 12.8 Å². The number of amides is 1. The van der Waals surface area contributed by atoms with Crippen LogP contribution in [0.15, 0.2) is 0 Å². The van der Waals surface area contributed by atoms with E-state index in [2.05, 4.69) is 0 Å². The monoisotopic (exact) mass is 211 g/mol. The number of hydrogen-bond acceptors (Lipinski definition) is 2. The van der Waals surface area contributed by atoms with Crippen LogP contribution in [-0.4, -0.2) is 36.1 Å². The molecule has 86 valence electrons. The van der Waals surface area contributed by atoms with E-state index in [0.29, 0.717) is 11.8 Å². The van der Waals surface area contributed by atoms with Crippen molar-refractivity contribution in [3.63, 3.8) is 0 Å². The van der Waals surface area contributed by atoms with Gasteiger partial charge < -0.3 is 9.64 Å². The second-order valence-corrected chi connectivity index (χ2v) is 4.98. The Morgan fingerprint density at radius 1 is 1.13 bits per heavy atom. The molecule has 1 saturated heterocycles. The normalized spacial score (nSPS) is 33.3. The molecule has 0 N–H and O–H groups in total. The van der Waals surface area contributed by atoms with Crippen molar-refractivity contribution in [2.24, 2.45) is 5.92 Å². The van der Waals surface area contributed by atoms with Crippen LogP contribution in [0.1, 0.15) is 39.5 Å². The lowest BCUT2D eigenvalue weighted by Crippen LogP contribution is -2.49. The summed E-state index contributed by atoms with van der Waals surface area (Å²) < 4.78 is 5.64. The summed E-state index contributed by atoms with van der Waals surface area (Å²) in [5.74, 6) is 0.678. The Kier molecular flexibility index (Phi) is 3.29. The zero-order valence-electron chi connectivity index (χ0n) is 9.74. The molecule has 0 spiro atoms. The first-order valence-electron chi connectivity index (χ1n) is 6.11. The Morgan fingerprint density at radius 2 is 1.67 bits per heavy atom. The van der Waals surface area contributed by atoms with Crippen molar-refractivity contribution in [3.8, 4) is 0 Å². The highest BCUT2D eigenvalue weighted by atomic mass is 16.5. The van der Waals surface area contributed by atoms with E-state index in [1.165, 1.54) is 12.8 Å². The van der Waals surface area contributed by atoms with Gasteiger partial charge in [0.05, 0.1) is 12.2 Å². The van der Waals surface area contributed by atoms with Gasteiger partial charge in [-0.25, -0.2) is 0 Å². The molecule has 0 aromatic rings. The summed E-state index contributed by atoms with van der Waals surface area (Å²) in [6, 6.07) is 0. The lowest BCUT2D eigenvalue weighted by molar-refractivity contribution is -0.147. The Morgan fingerprint density at radius 3 is 2.20 bits per heavy atom. The highest BCUT2D eigenvalue weighted by Gasteiger charge is 2.31. The van der Waals surface area contributed by atoms with Crippen LogP contribution >= 0.6 is 0 Å². The average molecular weight is 211 g/mol. The van der Waals surface area contributed by atoms with Gasteiger partial charge in [0.25, 0.3) is 0 Å². The Bertz CT molecular complexity index is 226. The van der Waals surface area contributed by atoms with Gasteiger partial charge in [-0.3, -0.25) is 4.79 Å². The summed E-state index contributed by atoms with van der Waals surface area (Å²) in [5, 5.41) is 0. The molecule has 2 fully saturated rings. The molecule has 0 unspecified atom stereocenters. The maximum absolute atomic E-state index is 12.2. The lowest BCUT2D eigenvalue weighted by atomic mass is 10.1. The van der Waals surface area contributed by atoms with Crippen molar-refractivity contribution in [2.75, 3.05) is 13.1 Å². The summed E-state index contributed by atoms with van der Waals surface area (Å²) in [6.45, 7) is 5.65. The van der Waals surface area contributed by atoms with E-state index in [-0.39, 0.29) is 12.2 Å². The third-order valence-electron chi connectivity index (χ3n) is 3.44. The largest absolute Gasteiger partial charge is 0.372 e. The minimum Gasteiger partial charge on any atom is -0.372 e. The first-order valence-corrected chi connectivity index (χ1v) is 6.11. The number of carbonyl (C=O) groups excluding carboxylic acids is 1. The standard InChI is InChI=1S/C12H21NO2/c1-9-7-13(8-10(2)15-9)12(14)11-5-3-4-6-11/h9-11H,3-8H2,1-2H3/t9-,10-/m0/s1. The molecule has 1 amide bonds. The minimum absolute atomic E-state index is 0.194. The number of carbonyl (C=O) groups is 1. The van der Waals surface area contributed by atoms with Gasteiger partial charge in [-0.05, 0) is 26.7 Å². The van der Waals surface area contributed by atoms with Crippen LogP contribution in [0.2, 0.25) is 0 Å². The number of rotatable bonds is 1. The third-order valence-corrected chi connectivity index (χ3v) is 3.44. The number of nitrogens with zero attached hydrogens (tertiary/aromatic N) is 1. The summed E-state index contributed by atoms with van der Waals surface area (Å²) in [6.07, 6.45) is 5.04. The van der Waals surface area contributed by atoms with E-state index in [9.17, 15) is 4.79 Å². The van der Waals surface area contributed by atoms with Crippen LogP contribution in [0.5, 0.6) is 0 Å². The summed E-state index contributed by atoms with van der Waals surface area (Å²) >= 11 is 0. The van der Waals surface area contributed by atoms with Crippen molar-refractivity contribution in [2.45, 2.75) is 51.7 Å². The maximum atomic E-state index is 12.2. The van der Waals surface area contributed by atoms with Crippen molar-refractivity contribution < 1.29 is 9.53 Å². The van der Waals surface area contributed by atoms with Gasteiger partial charge >= 0.3 is 0 Å². The van der Waals surface area contributed by atoms with Gasteiger partial charge in [-0.2, -0.15) is 0 Å². The van der Waals surface area contributed by atoms with Crippen LogP contribution in [0.3, 0.4) is 0 Å². The minimum atomic E-state index is 0.194.